The molecule has 0 unspecified atom stereocenters. The average molecular weight is 394 g/mol. The van der Waals surface area contributed by atoms with Gasteiger partial charge >= 0.3 is 6.03 Å². The number of benzene rings is 2. The van der Waals surface area contributed by atoms with Crippen LogP contribution in [0.5, 0.6) is 0 Å². The highest BCUT2D eigenvalue weighted by molar-refractivity contribution is 6.21. The van der Waals surface area contributed by atoms with Crippen LogP contribution in [0.25, 0.3) is 0 Å². The number of carbonyl (C=O) groups is 3. The largest absolute Gasteiger partial charge is 0.372 e. The van der Waals surface area contributed by atoms with E-state index in [-0.39, 0.29) is 24.4 Å². The van der Waals surface area contributed by atoms with Crippen LogP contribution in [0.1, 0.15) is 41.0 Å². The van der Waals surface area contributed by atoms with Gasteiger partial charge in [-0.05, 0) is 56.7 Å². The van der Waals surface area contributed by atoms with Crippen molar-refractivity contribution in [1.82, 2.24) is 10.2 Å². The third-order valence-corrected chi connectivity index (χ3v) is 4.98. The Morgan fingerprint density at radius 3 is 2.07 bits per heavy atom. The number of rotatable bonds is 8. The van der Waals surface area contributed by atoms with E-state index in [2.05, 4.69) is 29.4 Å². The number of carbonyl (C=O) groups excluding carboxylic acids is 3. The lowest BCUT2D eigenvalue weighted by atomic mass is 10.1. The first kappa shape index (κ1) is 20.4. The Kier molecular flexibility index (Phi) is 6.49. The van der Waals surface area contributed by atoms with Crippen molar-refractivity contribution in [2.45, 2.75) is 20.3 Å². The number of nitrogens with one attached hydrogen (secondary N) is 2. The topological polar surface area (TPSA) is 81.8 Å². The van der Waals surface area contributed by atoms with Gasteiger partial charge in [0, 0.05) is 37.6 Å². The van der Waals surface area contributed by atoms with Crippen molar-refractivity contribution in [3.8, 4) is 0 Å². The van der Waals surface area contributed by atoms with Gasteiger partial charge < -0.3 is 15.5 Å². The Bertz CT molecular complexity index is 856. The molecule has 3 rings (SSSR count). The number of imide groups is 1. The molecule has 0 spiro atoms. The second-order valence-electron chi connectivity index (χ2n) is 6.76. The van der Waals surface area contributed by atoms with Crippen molar-refractivity contribution in [3.05, 3.63) is 59.7 Å². The van der Waals surface area contributed by atoms with Crippen LogP contribution in [0, 0.1) is 0 Å². The molecule has 1 heterocycles. The monoisotopic (exact) mass is 394 g/mol. The lowest BCUT2D eigenvalue weighted by Gasteiger charge is -2.21. The Hall–Kier alpha value is -3.35. The van der Waals surface area contributed by atoms with E-state index in [1.54, 1.807) is 24.3 Å². The van der Waals surface area contributed by atoms with Crippen molar-refractivity contribution >= 4 is 29.2 Å². The van der Waals surface area contributed by atoms with Crippen molar-refractivity contribution in [2.75, 3.05) is 36.4 Å². The second-order valence-corrected chi connectivity index (χ2v) is 6.76. The van der Waals surface area contributed by atoms with Crippen LogP contribution in [0.15, 0.2) is 48.5 Å². The highest BCUT2D eigenvalue weighted by Crippen LogP contribution is 2.22. The average Bonchev–Trinajstić information content (AvgIpc) is 2.98. The van der Waals surface area contributed by atoms with E-state index in [4.69, 9.17) is 0 Å². The predicted molar refractivity (Wildman–Crippen MR) is 113 cm³/mol. The summed E-state index contributed by atoms with van der Waals surface area (Å²) in [5.74, 6) is -0.549. The molecule has 7 nitrogen and oxygen atoms in total. The molecule has 0 saturated heterocycles. The Labute approximate surface area is 170 Å². The van der Waals surface area contributed by atoms with E-state index in [1.807, 2.05) is 24.3 Å². The second kappa shape index (κ2) is 9.23. The van der Waals surface area contributed by atoms with Gasteiger partial charge in [0.05, 0.1) is 11.1 Å². The Morgan fingerprint density at radius 1 is 0.931 bits per heavy atom. The SMILES string of the molecule is CCN(CC)c1ccc(NC(=O)NCCCN2C(=O)c3ccccc3C2=O)cc1. The number of nitrogens with zero attached hydrogens (tertiary/aromatic N) is 2. The predicted octanol–water partition coefficient (Wildman–Crippen LogP) is 3.34. The maximum atomic E-state index is 12.3. The maximum Gasteiger partial charge on any atom is 0.319 e. The van der Waals surface area contributed by atoms with E-state index in [9.17, 15) is 14.4 Å². The first-order valence-corrected chi connectivity index (χ1v) is 9.90. The molecular formula is C22H26N4O3. The van der Waals surface area contributed by atoms with Crippen molar-refractivity contribution in [2.24, 2.45) is 0 Å². The fourth-order valence-corrected chi connectivity index (χ4v) is 3.40. The zero-order valence-electron chi connectivity index (χ0n) is 16.8. The first-order chi connectivity index (χ1) is 14.0. The number of amides is 4. The summed E-state index contributed by atoms with van der Waals surface area (Å²) < 4.78 is 0. The summed E-state index contributed by atoms with van der Waals surface area (Å²) in [6, 6.07) is 14.2. The van der Waals surface area contributed by atoms with E-state index in [0.717, 1.165) is 18.8 Å². The fraction of sp³-hybridized carbons (Fsp3) is 0.318. The summed E-state index contributed by atoms with van der Waals surface area (Å²) in [7, 11) is 0. The molecule has 2 aromatic carbocycles. The molecule has 1 aliphatic heterocycles. The molecule has 0 saturated carbocycles. The summed E-state index contributed by atoms with van der Waals surface area (Å²) in [6.07, 6.45) is 0.486. The quantitative estimate of drug-likeness (QED) is 0.531. The van der Waals surface area contributed by atoms with Crippen molar-refractivity contribution in [1.29, 1.82) is 0 Å². The molecule has 1 aliphatic rings. The van der Waals surface area contributed by atoms with Gasteiger partial charge in [-0.3, -0.25) is 14.5 Å². The van der Waals surface area contributed by atoms with Gasteiger partial charge in [0.1, 0.15) is 0 Å². The first-order valence-electron chi connectivity index (χ1n) is 9.90. The van der Waals surface area contributed by atoms with Crippen LogP contribution in [-0.4, -0.2) is 48.9 Å². The highest BCUT2D eigenvalue weighted by Gasteiger charge is 2.34. The number of fused-ring (bicyclic) bond motifs is 1. The van der Waals surface area contributed by atoms with Crippen LogP contribution < -0.4 is 15.5 Å². The van der Waals surface area contributed by atoms with Gasteiger partial charge in [-0.2, -0.15) is 0 Å². The number of urea groups is 1. The zero-order valence-corrected chi connectivity index (χ0v) is 16.8. The molecular weight excluding hydrogens is 368 g/mol. The van der Waals surface area contributed by atoms with Gasteiger partial charge in [-0.15, -0.1) is 0 Å². The van der Waals surface area contributed by atoms with Gasteiger partial charge in [-0.25, -0.2) is 4.79 Å². The van der Waals surface area contributed by atoms with Crippen LogP contribution in [0.2, 0.25) is 0 Å². The summed E-state index contributed by atoms with van der Waals surface area (Å²) in [5, 5.41) is 5.54. The molecule has 7 heteroatoms. The van der Waals surface area contributed by atoms with Gasteiger partial charge in [0.25, 0.3) is 11.8 Å². The van der Waals surface area contributed by atoms with Gasteiger partial charge in [0.2, 0.25) is 0 Å². The number of hydrogen-bond acceptors (Lipinski definition) is 4. The maximum absolute atomic E-state index is 12.3. The molecule has 0 bridgehead atoms. The summed E-state index contributed by atoms with van der Waals surface area (Å²) in [4.78, 5) is 40.1. The van der Waals surface area contributed by atoms with E-state index in [0.29, 0.717) is 29.8 Å². The molecule has 0 atom stereocenters. The lowest BCUT2D eigenvalue weighted by Crippen LogP contribution is -2.35. The van der Waals surface area contributed by atoms with Crippen molar-refractivity contribution in [3.63, 3.8) is 0 Å². The van der Waals surface area contributed by atoms with Crippen LogP contribution in [0.4, 0.5) is 16.2 Å². The normalized spacial score (nSPS) is 12.7. The Morgan fingerprint density at radius 2 is 1.52 bits per heavy atom. The summed E-state index contributed by atoms with van der Waals surface area (Å²) in [5.41, 5.74) is 2.70. The standard InChI is InChI=1S/C22H26N4O3/c1-3-25(4-2)17-12-10-16(11-13-17)24-22(29)23-14-7-15-26-20(27)18-8-5-6-9-19(18)21(26)28/h5-6,8-13H,3-4,7,14-15H2,1-2H3,(H2,23,24,29). The minimum Gasteiger partial charge on any atom is -0.372 e. The molecule has 0 aromatic heterocycles. The molecule has 2 aromatic rings. The smallest absolute Gasteiger partial charge is 0.319 e. The molecule has 2 N–H and O–H groups in total. The third kappa shape index (κ3) is 4.56. The minimum atomic E-state index is -0.317. The van der Waals surface area contributed by atoms with Crippen LogP contribution in [0.3, 0.4) is 0 Å². The van der Waals surface area contributed by atoms with E-state index >= 15 is 0 Å². The number of anilines is 2. The Balaban J connectivity index is 1.43. The van der Waals surface area contributed by atoms with E-state index < -0.39 is 0 Å². The molecule has 0 aliphatic carbocycles. The lowest BCUT2D eigenvalue weighted by molar-refractivity contribution is 0.0653. The number of hydrogen-bond donors (Lipinski definition) is 2. The van der Waals surface area contributed by atoms with Gasteiger partial charge in [-0.1, -0.05) is 12.1 Å². The summed E-state index contributed by atoms with van der Waals surface area (Å²) >= 11 is 0. The molecule has 29 heavy (non-hydrogen) atoms. The molecule has 4 amide bonds. The summed E-state index contributed by atoms with van der Waals surface area (Å²) in [6.45, 7) is 6.69. The minimum absolute atomic E-state index is 0.269. The molecule has 152 valence electrons. The van der Waals surface area contributed by atoms with Crippen LogP contribution >= 0.6 is 0 Å². The molecule has 0 radical (unpaired) electrons. The van der Waals surface area contributed by atoms with Gasteiger partial charge in [0.15, 0.2) is 0 Å². The zero-order chi connectivity index (χ0) is 20.8. The third-order valence-electron chi connectivity index (χ3n) is 4.98. The fourth-order valence-electron chi connectivity index (χ4n) is 3.40. The molecule has 0 fully saturated rings. The van der Waals surface area contributed by atoms with Crippen molar-refractivity contribution < 1.29 is 14.4 Å². The van der Waals surface area contributed by atoms with E-state index in [1.165, 1.54) is 4.90 Å². The van der Waals surface area contributed by atoms with Crippen LogP contribution in [-0.2, 0) is 0 Å². The highest BCUT2D eigenvalue weighted by atomic mass is 16.2.